The second-order valence-electron chi connectivity index (χ2n) is 3.06. The number of hydrogen-bond donors (Lipinski definition) is 1. The Bertz CT molecular complexity index is 369. The average molecular weight is 224 g/mol. The van der Waals surface area contributed by atoms with Crippen LogP contribution >= 0.6 is 0 Å². The monoisotopic (exact) mass is 224 g/mol. The molecule has 0 saturated carbocycles. The summed E-state index contributed by atoms with van der Waals surface area (Å²) in [6.45, 7) is 0. The number of rotatable bonds is 3. The predicted octanol–water partition coefficient (Wildman–Crippen LogP) is 0.220. The summed E-state index contributed by atoms with van der Waals surface area (Å²) in [6, 6.07) is 7.75. The summed E-state index contributed by atoms with van der Waals surface area (Å²) in [7, 11) is 2.17. The van der Waals surface area contributed by atoms with E-state index in [0.29, 0.717) is 0 Å². The molecule has 0 radical (unpaired) electrons. The van der Waals surface area contributed by atoms with Gasteiger partial charge in [0.2, 0.25) is 0 Å². The van der Waals surface area contributed by atoms with Crippen molar-refractivity contribution in [1.82, 2.24) is 0 Å². The van der Waals surface area contributed by atoms with Crippen LogP contribution in [0.4, 0.5) is 0 Å². The zero-order chi connectivity index (χ0) is 12.2. The topological polar surface area (TPSA) is 72.8 Å². The summed E-state index contributed by atoms with van der Waals surface area (Å²) >= 11 is 0. The normalized spacial score (nSPS) is 10.7. The summed E-state index contributed by atoms with van der Waals surface area (Å²) in [6.07, 6.45) is 0. The quantitative estimate of drug-likeness (QED) is 0.587. The van der Waals surface area contributed by atoms with E-state index in [9.17, 15) is 14.7 Å². The van der Waals surface area contributed by atoms with Crippen LogP contribution in [0, 0.1) is 0 Å². The summed E-state index contributed by atoms with van der Waals surface area (Å²) < 4.78 is 8.81. The van der Waals surface area contributed by atoms with Gasteiger partial charge in [-0.15, -0.1) is 0 Å². The van der Waals surface area contributed by atoms with Gasteiger partial charge in [0.1, 0.15) is 0 Å². The lowest BCUT2D eigenvalue weighted by Crippen LogP contribution is -2.45. The maximum atomic E-state index is 11.5. The molecule has 16 heavy (non-hydrogen) atoms. The highest BCUT2D eigenvalue weighted by Crippen LogP contribution is 2.24. The zero-order valence-corrected chi connectivity index (χ0v) is 8.97. The molecule has 0 atom stereocenters. The molecule has 5 heteroatoms. The summed E-state index contributed by atoms with van der Waals surface area (Å²) in [5.41, 5.74) is -2.31. The van der Waals surface area contributed by atoms with E-state index in [1.165, 1.54) is 12.1 Å². The van der Waals surface area contributed by atoms with E-state index in [2.05, 4.69) is 9.47 Å². The predicted molar refractivity (Wildman–Crippen MR) is 54.4 cm³/mol. The van der Waals surface area contributed by atoms with E-state index in [0.717, 1.165) is 14.2 Å². The molecule has 0 spiro atoms. The first kappa shape index (κ1) is 12.2. The van der Waals surface area contributed by atoms with Gasteiger partial charge in [-0.1, -0.05) is 30.3 Å². The number of methoxy groups -OCH3 is 2. The van der Waals surface area contributed by atoms with Crippen molar-refractivity contribution in [3.63, 3.8) is 0 Å². The van der Waals surface area contributed by atoms with E-state index in [1.54, 1.807) is 18.2 Å². The molecule has 0 saturated heterocycles. The zero-order valence-electron chi connectivity index (χ0n) is 8.97. The van der Waals surface area contributed by atoms with Gasteiger partial charge in [0, 0.05) is 5.56 Å². The highest BCUT2D eigenvalue weighted by molar-refractivity contribution is 6.04. The molecular weight excluding hydrogens is 212 g/mol. The molecule has 1 aromatic rings. The summed E-state index contributed by atoms with van der Waals surface area (Å²) in [5.74, 6) is -2.16. The SMILES string of the molecule is COC(=O)C(O)(C(=O)OC)c1ccccc1. The molecular formula is C11H12O5. The first-order chi connectivity index (χ1) is 7.57. The van der Waals surface area contributed by atoms with Crippen LogP contribution in [-0.4, -0.2) is 31.3 Å². The molecule has 0 aliphatic heterocycles. The standard InChI is InChI=1S/C11H12O5/c1-15-9(12)11(14,10(13)16-2)8-6-4-3-5-7-8/h3-7,14H,1-2H3. The molecule has 0 aliphatic rings. The molecule has 0 fully saturated rings. The lowest BCUT2D eigenvalue weighted by Gasteiger charge is -2.22. The van der Waals surface area contributed by atoms with Crippen LogP contribution in [0.25, 0.3) is 0 Å². The Hall–Kier alpha value is -1.88. The van der Waals surface area contributed by atoms with E-state index in [4.69, 9.17) is 0 Å². The van der Waals surface area contributed by atoms with Crippen molar-refractivity contribution in [2.24, 2.45) is 0 Å². The third-order valence-electron chi connectivity index (χ3n) is 2.15. The van der Waals surface area contributed by atoms with Gasteiger partial charge in [0.05, 0.1) is 14.2 Å². The minimum Gasteiger partial charge on any atom is -0.466 e. The van der Waals surface area contributed by atoms with Crippen LogP contribution in [0.2, 0.25) is 0 Å². The Labute approximate surface area is 92.6 Å². The van der Waals surface area contributed by atoms with Gasteiger partial charge in [-0.3, -0.25) is 0 Å². The van der Waals surface area contributed by atoms with Crippen LogP contribution in [0.1, 0.15) is 5.56 Å². The molecule has 1 N–H and O–H groups in total. The van der Waals surface area contributed by atoms with E-state index in [-0.39, 0.29) is 5.56 Å². The fourth-order valence-electron chi connectivity index (χ4n) is 1.29. The molecule has 5 nitrogen and oxygen atoms in total. The molecule has 86 valence electrons. The largest absolute Gasteiger partial charge is 0.466 e. The second kappa shape index (κ2) is 4.76. The van der Waals surface area contributed by atoms with Gasteiger partial charge < -0.3 is 14.6 Å². The first-order valence-corrected chi connectivity index (χ1v) is 4.52. The number of carbonyl (C=O) groups excluding carboxylic acids is 2. The maximum Gasteiger partial charge on any atom is 0.354 e. The molecule has 0 amide bonds. The fraction of sp³-hybridized carbons (Fsp3) is 0.273. The van der Waals surface area contributed by atoms with Crippen molar-refractivity contribution < 1.29 is 24.2 Å². The third-order valence-corrected chi connectivity index (χ3v) is 2.15. The number of aliphatic hydroxyl groups is 1. The van der Waals surface area contributed by atoms with Crippen LogP contribution < -0.4 is 0 Å². The average Bonchev–Trinajstić information content (AvgIpc) is 2.36. The number of esters is 2. The molecule has 1 rings (SSSR count). The molecule has 1 aromatic carbocycles. The smallest absolute Gasteiger partial charge is 0.354 e. The van der Waals surface area contributed by atoms with E-state index < -0.39 is 17.5 Å². The summed E-state index contributed by atoms with van der Waals surface area (Å²) in [4.78, 5) is 22.9. The van der Waals surface area contributed by atoms with Gasteiger partial charge in [-0.2, -0.15) is 0 Å². The molecule has 0 aromatic heterocycles. The lowest BCUT2D eigenvalue weighted by atomic mass is 9.94. The van der Waals surface area contributed by atoms with Gasteiger partial charge in [0.15, 0.2) is 0 Å². The van der Waals surface area contributed by atoms with Gasteiger partial charge >= 0.3 is 11.9 Å². The van der Waals surface area contributed by atoms with Crippen molar-refractivity contribution in [3.05, 3.63) is 35.9 Å². The Morgan fingerprint density at radius 3 is 1.88 bits per heavy atom. The fourth-order valence-corrected chi connectivity index (χ4v) is 1.29. The van der Waals surface area contributed by atoms with Crippen molar-refractivity contribution in [2.75, 3.05) is 14.2 Å². The van der Waals surface area contributed by atoms with Crippen LogP contribution in [0.15, 0.2) is 30.3 Å². The highest BCUT2D eigenvalue weighted by atomic mass is 16.6. The molecule has 0 unspecified atom stereocenters. The van der Waals surface area contributed by atoms with Crippen molar-refractivity contribution in [2.45, 2.75) is 5.60 Å². The molecule has 0 heterocycles. The Morgan fingerprint density at radius 1 is 1.06 bits per heavy atom. The minimum absolute atomic E-state index is 0.105. The van der Waals surface area contributed by atoms with Gasteiger partial charge in [-0.25, -0.2) is 9.59 Å². The lowest BCUT2D eigenvalue weighted by molar-refractivity contribution is -0.181. The van der Waals surface area contributed by atoms with Crippen molar-refractivity contribution >= 4 is 11.9 Å². The summed E-state index contributed by atoms with van der Waals surface area (Å²) in [5, 5.41) is 10.1. The Kier molecular flexibility index (Phi) is 3.63. The van der Waals surface area contributed by atoms with E-state index >= 15 is 0 Å². The number of carbonyl (C=O) groups is 2. The number of hydrogen-bond acceptors (Lipinski definition) is 5. The van der Waals surface area contributed by atoms with E-state index in [1.807, 2.05) is 0 Å². The van der Waals surface area contributed by atoms with Crippen molar-refractivity contribution in [3.8, 4) is 0 Å². The Balaban J connectivity index is 3.26. The maximum absolute atomic E-state index is 11.5. The van der Waals surface area contributed by atoms with Crippen LogP contribution in [0.3, 0.4) is 0 Å². The van der Waals surface area contributed by atoms with Gasteiger partial charge in [0.25, 0.3) is 5.60 Å². The Morgan fingerprint density at radius 2 is 1.50 bits per heavy atom. The molecule has 0 bridgehead atoms. The minimum atomic E-state index is -2.41. The first-order valence-electron chi connectivity index (χ1n) is 4.52. The highest BCUT2D eigenvalue weighted by Gasteiger charge is 2.48. The van der Waals surface area contributed by atoms with Crippen LogP contribution in [0.5, 0.6) is 0 Å². The second-order valence-corrected chi connectivity index (χ2v) is 3.06. The number of ether oxygens (including phenoxy) is 2. The third kappa shape index (κ3) is 1.90. The number of benzene rings is 1. The van der Waals surface area contributed by atoms with Crippen LogP contribution in [-0.2, 0) is 24.7 Å². The van der Waals surface area contributed by atoms with Gasteiger partial charge in [-0.05, 0) is 0 Å². The van der Waals surface area contributed by atoms with Crippen molar-refractivity contribution in [1.29, 1.82) is 0 Å². The molecule has 0 aliphatic carbocycles.